The van der Waals surface area contributed by atoms with Crippen molar-refractivity contribution in [2.75, 3.05) is 0 Å². The van der Waals surface area contributed by atoms with E-state index in [1.807, 2.05) is 24.3 Å². The molecule has 2 N–H and O–H groups in total. The van der Waals surface area contributed by atoms with Crippen molar-refractivity contribution in [3.8, 4) is 11.9 Å². The molecule has 6 nitrogen and oxygen atoms in total. The van der Waals surface area contributed by atoms with Crippen molar-refractivity contribution in [3.05, 3.63) is 54.0 Å². The van der Waals surface area contributed by atoms with Crippen LogP contribution in [0.3, 0.4) is 0 Å². The number of hydrogen-bond acceptors (Lipinski definition) is 4. The highest BCUT2D eigenvalue weighted by atomic mass is 16.1. The molecule has 0 atom stereocenters. The summed E-state index contributed by atoms with van der Waals surface area (Å²) in [5, 5.41) is 8.98. The molecule has 0 saturated carbocycles. The highest BCUT2D eigenvalue weighted by Gasteiger charge is 2.17. The molecule has 3 aromatic rings. The standard InChI is InChI=1S/C15H11N5O/c16-8-7-13-19-11-5-1-2-6-12(11)20(13)15-10(14(17)21)4-3-9-18-15/h1-6,9H,7H2,(H2,17,21). The molecule has 0 aliphatic heterocycles. The molecule has 1 aromatic carbocycles. The highest BCUT2D eigenvalue weighted by Crippen LogP contribution is 2.22. The van der Waals surface area contributed by atoms with E-state index in [1.54, 1.807) is 22.9 Å². The molecule has 0 aliphatic rings. The minimum absolute atomic E-state index is 0.115. The lowest BCUT2D eigenvalue weighted by atomic mass is 10.2. The first kappa shape index (κ1) is 12.8. The van der Waals surface area contributed by atoms with Crippen LogP contribution >= 0.6 is 0 Å². The SMILES string of the molecule is N#CCc1nc2ccccc2n1-c1ncccc1C(N)=O. The van der Waals surface area contributed by atoms with Crippen molar-refractivity contribution in [2.24, 2.45) is 5.73 Å². The molecule has 3 rings (SSSR count). The van der Waals surface area contributed by atoms with Gasteiger partial charge in [-0.15, -0.1) is 0 Å². The summed E-state index contributed by atoms with van der Waals surface area (Å²) in [6.45, 7) is 0. The summed E-state index contributed by atoms with van der Waals surface area (Å²) in [5.41, 5.74) is 7.22. The number of amides is 1. The summed E-state index contributed by atoms with van der Waals surface area (Å²) in [6, 6.07) is 12.8. The van der Waals surface area contributed by atoms with Crippen molar-refractivity contribution in [1.29, 1.82) is 5.26 Å². The number of imidazole rings is 1. The van der Waals surface area contributed by atoms with Gasteiger partial charge in [-0.05, 0) is 24.3 Å². The number of carbonyl (C=O) groups excluding carboxylic acids is 1. The Morgan fingerprint density at radius 1 is 1.29 bits per heavy atom. The van der Waals surface area contributed by atoms with Crippen molar-refractivity contribution < 1.29 is 4.79 Å². The Bertz CT molecular complexity index is 875. The van der Waals surface area contributed by atoms with Gasteiger partial charge in [0.2, 0.25) is 0 Å². The maximum absolute atomic E-state index is 11.6. The van der Waals surface area contributed by atoms with Crippen molar-refractivity contribution in [3.63, 3.8) is 0 Å². The lowest BCUT2D eigenvalue weighted by Gasteiger charge is -2.09. The molecule has 2 heterocycles. The second-order valence-corrected chi connectivity index (χ2v) is 4.43. The molecule has 6 heteroatoms. The molecule has 0 spiro atoms. The number of carbonyl (C=O) groups is 1. The van der Waals surface area contributed by atoms with Crippen LogP contribution in [-0.4, -0.2) is 20.4 Å². The Morgan fingerprint density at radius 3 is 2.86 bits per heavy atom. The molecule has 1 amide bonds. The van der Waals surface area contributed by atoms with E-state index < -0.39 is 5.91 Å². The first-order valence-electron chi connectivity index (χ1n) is 6.31. The van der Waals surface area contributed by atoms with Crippen molar-refractivity contribution in [1.82, 2.24) is 14.5 Å². The number of nitriles is 1. The van der Waals surface area contributed by atoms with Gasteiger partial charge in [0.05, 0.1) is 29.1 Å². The number of benzene rings is 1. The average molecular weight is 277 g/mol. The van der Waals surface area contributed by atoms with Gasteiger partial charge in [-0.25, -0.2) is 9.97 Å². The van der Waals surface area contributed by atoms with Crippen LogP contribution < -0.4 is 5.73 Å². The Kier molecular flexibility index (Phi) is 3.09. The van der Waals surface area contributed by atoms with Crippen LogP contribution in [0.5, 0.6) is 0 Å². The Labute approximate surface area is 120 Å². The Morgan fingerprint density at radius 2 is 2.10 bits per heavy atom. The zero-order valence-corrected chi connectivity index (χ0v) is 11.0. The number of primary amides is 1. The van der Waals surface area contributed by atoms with Crippen LogP contribution in [0.15, 0.2) is 42.6 Å². The van der Waals surface area contributed by atoms with E-state index in [-0.39, 0.29) is 6.42 Å². The third-order valence-electron chi connectivity index (χ3n) is 3.13. The summed E-state index contributed by atoms with van der Waals surface area (Å²) in [5.74, 6) is 0.350. The van der Waals surface area contributed by atoms with E-state index >= 15 is 0 Å². The van der Waals surface area contributed by atoms with Gasteiger partial charge in [-0.3, -0.25) is 9.36 Å². The molecule has 2 aromatic heterocycles. The molecule has 0 fully saturated rings. The number of nitrogens with two attached hydrogens (primary N) is 1. The first-order chi connectivity index (χ1) is 10.2. The van der Waals surface area contributed by atoms with Gasteiger partial charge in [0.15, 0.2) is 5.82 Å². The third kappa shape index (κ3) is 2.11. The van der Waals surface area contributed by atoms with Crippen LogP contribution in [-0.2, 0) is 6.42 Å². The largest absolute Gasteiger partial charge is 0.365 e. The fraction of sp³-hybridized carbons (Fsp3) is 0.0667. The zero-order valence-electron chi connectivity index (χ0n) is 11.0. The van der Waals surface area contributed by atoms with Crippen LogP contribution in [0.25, 0.3) is 16.9 Å². The average Bonchev–Trinajstić information content (AvgIpc) is 2.85. The molecule has 21 heavy (non-hydrogen) atoms. The summed E-state index contributed by atoms with van der Waals surface area (Å²) in [6.07, 6.45) is 1.69. The second-order valence-electron chi connectivity index (χ2n) is 4.43. The zero-order chi connectivity index (χ0) is 14.8. The first-order valence-corrected chi connectivity index (χ1v) is 6.31. The highest BCUT2D eigenvalue weighted by molar-refractivity contribution is 5.96. The summed E-state index contributed by atoms with van der Waals surface area (Å²) in [7, 11) is 0. The lowest BCUT2D eigenvalue weighted by molar-refractivity contribution is 0.1000. The number of hydrogen-bond donors (Lipinski definition) is 1. The minimum Gasteiger partial charge on any atom is -0.365 e. The van der Waals surface area contributed by atoms with Gasteiger partial charge >= 0.3 is 0 Å². The van der Waals surface area contributed by atoms with Gasteiger partial charge in [-0.2, -0.15) is 5.26 Å². The van der Waals surface area contributed by atoms with Gasteiger partial charge in [0.1, 0.15) is 5.82 Å². The normalized spacial score (nSPS) is 10.4. The van der Waals surface area contributed by atoms with E-state index in [4.69, 9.17) is 11.0 Å². The number of aromatic nitrogens is 3. The van der Waals surface area contributed by atoms with Crippen LogP contribution in [0.2, 0.25) is 0 Å². The van der Waals surface area contributed by atoms with E-state index in [0.717, 1.165) is 11.0 Å². The molecular weight excluding hydrogens is 266 g/mol. The molecule has 0 bridgehead atoms. The summed E-state index contributed by atoms with van der Waals surface area (Å²) >= 11 is 0. The number of fused-ring (bicyclic) bond motifs is 1. The van der Waals surface area contributed by atoms with E-state index in [2.05, 4.69) is 16.0 Å². The van der Waals surface area contributed by atoms with Gasteiger partial charge in [0.25, 0.3) is 5.91 Å². The Balaban J connectivity index is 2.37. The fourth-order valence-corrected chi connectivity index (χ4v) is 2.27. The fourth-order valence-electron chi connectivity index (χ4n) is 2.27. The lowest BCUT2D eigenvalue weighted by Crippen LogP contribution is -2.16. The van der Waals surface area contributed by atoms with Gasteiger partial charge in [-0.1, -0.05) is 12.1 Å². The molecular formula is C15H11N5O. The van der Waals surface area contributed by atoms with Gasteiger partial charge in [0, 0.05) is 6.20 Å². The second kappa shape index (κ2) is 5.06. The maximum Gasteiger partial charge on any atom is 0.252 e. The monoisotopic (exact) mass is 277 g/mol. The van der Waals surface area contributed by atoms with Crippen LogP contribution in [0, 0.1) is 11.3 Å². The van der Waals surface area contributed by atoms with E-state index in [9.17, 15) is 4.79 Å². The smallest absolute Gasteiger partial charge is 0.252 e. The van der Waals surface area contributed by atoms with Crippen LogP contribution in [0.4, 0.5) is 0 Å². The van der Waals surface area contributed by atoms with E-state index in [0.29, 0.717) is 17.2 Å². The molecule has 0 radical (unpaired) electrons. The molecule has 0 aliphatic carbocycles. The molecule has 102 valence electrons. The van der Waals surface area contributed by atoms with Crippen molar-refractivity contribution in [2.45, 2.75) is 6.42 Å². The van der Waals surface area contributed by atoms with Crippen molar-refractivity contribution >= 4 is 16.9 Å². The topological polar surface area (TPSA) is 97.6 Å². The number of para-hydroxylation sites is 2. The van der Waals surface area contributed by atoms with Gasteiger partial charge < -0.3 is 5.73 Å². The van der Waals surface area contributed by atoms with Crippen LogP contribution in [0.1, 0.15) is 16.2 Å². The maximum atomic E-state index is 11.6. The molecule has 0 saturated heterocycles. The Hall–Kier alpha value is -3.20. The molecule has 0 unspecified atom stereocenters. The minimum atomic E-state index is -0.571. The predicted molar refractivity (Wildman–Crippen MR) is 76.7 cm³/mol. The number of rotatable bonds is 3. The summed E-state index contributed by atoms with van der Waals surface area (Å²) < 4.78 is 1.71. The number of nitrogens with zero attached hydrogens (tertiary/aromatic N) is 4. The predicted octanol–water partition coefficient (Wildman–Crippen LogP) is 1.59. The summed E-state index contributed by atoms with van der Waals surface area (Å²) in [4.78, 5) is 20.3. The third-order valence-corrected chi connectivity index (χ3v) is 3.13. The quantitative estimate of drug-likeness (QED) is 0.785. The van der Waals surface area contributed by atoms with E-state index in [1.165, 1.54) is 0 Å². The number of pyridine rings is 1.